The third-order valence-electron chi connectivity index (χ3n) is 3.20. The molecule has 1 N–H and O–H groups in total. The summed E-state index contributed by atoms with van der Waals surface area (Å²) in [6, 6.07) is 17.0. The first kappa shape index (κ1) is 17.8. The van der Waals surface area contributed by atoms with E-state index in [4.69, 9.17) is 0 Å². The Balaban J connectivity index is 0.000000219. The van der Waals surface area contributed by atoms with Gasteiger partial charge in [-0.3, -0.25) is 9.78 Å². The van der Waals surface area contributed by atoms with Crippen molar-refractivity contribution in [1.29, 1.82) is 0 Å². The number of pyridine rings is 2. The number of carbonyl (C=O) groups is 1. The molecule has 0 aliphatic rings. The fraction of sp³-hybridized carbons (Fsp3) is 0.105. The first-order valence-electron chi connectivity index (χ1n) is 7.43. The number of benzene rings is 1. The second-order valence-corrected chi connectivity index (χ2v) is 5.85. The molecule has 0 atom stereocenters. The molecule has 1 amide bonds. The highest BCUT2D eigenvalue weighted by Crippen LogP contribution is 2.10. The first-order valence-corrected chi connectivity index (χ1v) is 8.22. The van der Waals surface area contributed by atoms with E-state index in [0.29, 0.717) is 5.69 Å². The summed E-state index contributed by atoms with van der Waals surface area (Å²) in [5, 5.41) is 2.80. The van der Waals surface area contributed by atoms with Crippen LogP contribution in [0.1, 0.15) is 21.6 Å². The molecule has 0 bridgehead atoms. The highest BCUT2D eigenvalue weighted by Gasteiger charge is 2.09. The molecule has 0 saturated heterocycles. The van der Waals surface area contributed by atoms with Crippen LogP contribution < -0.4 is 5.32 Å². The molecule has 0 spiro atoms. The van der Waals surface area contributed by atoms with Crippen molar-refractivity contribution in [3.63, 3.8) is 0 Å². The minimum absolute atomic E-state index is 0.177. The topological polar surface area (TPSA) is 54.9 Å². The van der Waals surface area contributed by atoms with E-state index in [2.05, 4.69) is 31.2 Å². The number of hydrogen-bond donors (Lipinski definition) is 1. The quantitative estimate of drug-likeness (QED) is 0.646. The van der Waals surface area contributed by atoms with Crippen LogP contribution in [0.4, 0.5) is 5.69 Å². The third kappa shape index (κ3) is 5.28. The predicted octanol–water partition coefficient (Wildman–Crippen LogP) is 4.79. The van der Waals surface area contributed by atoms with Crippen LogP contribution in [0.3, 0.4) is 0 Å². The Morgan fingerprint density at radius 3 is 2.04 bits per heavy atom. The van der Waals surface area contributed by atoms with Crippen LogP contribution in [0.25, 0.3) is 0 Å². The van der Waals surface area contributed by atoms with Gasteiger partial charge in [0.25, 0.3) is 5.91 Å². The Morgan fingerprint density at radius 2 is 1.50 bits per heavy atom. The lowest BCUT2D eigenvalue weighted by Gasteiger charge is -2.05. The maximum atomic E-state index is 11.9. The maximum absolute atomic E-state index is 11.9. The van der Waals surface area contributed by atoms with Gasteiger partial charge in [0.2, 0.25) is 0 Å². The minimum atomic E-state index is -0.177. The minimum Gasteiger partial charge on any atom is -0.321 e. The lowest BCUT2D eigenvalue weighted by molar-refractivity contribution is 0.102. The van der Waals surface area contributed by atoms with Gasteiger partial charge >= 0.3 is 0 Å². The molecule has 3 rings (SSSR count). The normalized spacial score (nSPS) is 9.62. The standard InChI is InChI=1S/C13H12N2O.C6H6BrN/c1-10-6-5-9-14-12(10)13(16)15-11-7-3-2-4-8-11;1-5-3-2-4-8-6(5)7/h2-9H,1H3,(H,15,16);2-4H,1H3. The molecule has 3 aromatic rings. The number of anilines is 1. The molecule has 0 saturated carbocycles. The van der Waals surface area contributed by atoms with Gasteiger partial charge in [0.15, 0.2) is 0 Å². The van der Waals surface area contributed by atoms with Crippen LogP contribution in [0.2, 0.25) is 0 Å². The molecular formula is C19H18BrN3O. The van der Waals surface area contributed by atoms with E-state index in [-0.39, 0.29) is 5.91 Å². The smallest absolute Gasteiger partial charge is 0.274 e. The van der Waals surface area contributed by atoms with Gasteiger partial charge in [0.1, 0.15) is 10.3 Å². The van der Waals surface area contributed by atoms with Crippen LogP contribution in [-0.2, 0) is 0 Å². The number of hydrogen-bond acceptors (Lipinski definition) is 3. The first-order chi connectivity index (χ1) is 11.6. The molecule has 4 nitrogen and oxygen atoms in total. The average molecular weight is 384 g/mol. The molecule has 0 aliphatic heterocycles. The fourth-order valence-corrected chi connectivity index (χ4v) is 2.15. The van der Waals surface area contributed by atoms with Gasteiger partial charge in [-0.25, -0.2) is 4.98 Å². The van der Waals surface area contributed by atoms with Gasteiger partial charge in [-0.1, -0.05) is 30.3 Å². The van der Waals surface area contributed by atoms with E-state index in [9.17, 15) is 4.79 Å². The Hall–Kier alpha value is -2.53. The maximum Gasteiger partial charge on any atom is 0.274 e. The monoisotopic (exact) mass is 383 g/mol. The molecule has 0 unspecified atom stereocenters. The summed E-state index contributed by atoms with van der Waals surface area (Å²) >= 11 is 3.28. The number of aromatic nitrogens is 2. The van der Waals surface area contributed by atoms with Crippen molar-refractivity contribution in [2.24, 2.45) is 0 Å². The molecule has 122 valence electrons. The summed E-state index contributed by atoms with van der Waals surface area (Å²) < 4.78 is 0.931. The lowest BCUT2D eigenvalue weighted by Crippen LogP contribution is -2.14. The Kier molecular flexibility index (Phi) is 6.63. The van der Waals surface area contributed by atoms with E-state index >= 15 is 0 Å². The van der Waals surface area contributed by atoms with Crippen LogP contribution in [0.5, 0.6) is 0 Å². The predicted molar refractivity (Wildman–Crippen MR) is 100 cm³/mol. The van der Waals surface area contributed by atoms with Gasteiger partial charge in [-0.15, -0.1) is 0 Å². The van der Waals surface area contributed by atoms with Crippen molar-refractivity contribution in [2.75, 3.05) is 5.32 Å². The molecular weight excluding hydrogens is 366 g/mol. The summed E-state index contributed by atoms with van der Waals surface area (Å²) in [5.74, 6) is -0.177. The fourth-order valence-electron chi connectivity index (χ4n) is 1.90. The van der Waals surface area contributed by atoms with Gasteiger partial charge in [-0.05, 0) is 65.2 Å². The number of halogens is 1. The average Bonchev–Trinajstić information content (AvgIpc) is 2.59. The molecule has 2 aromatic heterocycles. The van der Waals surface area contributed by atoms with Crippen molar-refractivity contribution in [3.05, 3.63) is 88.4 Å². The summed E-state index contributed by atoms with van der Waals surface area (Å²) in [6.45, 7) is 3.88. The summed E-state index contributed by atoms with van der Waals surface area (Å²) in [7, 11) is 0. The van der Waals surface area contributed by atoms with Crippen molar-refractivity contribution < 1.29 is 4.79 Å². The zero-order valence-electron chi connectivity index (χ0n) is 13.5. The highest BCUT2D eigenvalue weighted by atomic mass is 79.9. The summed E-state index contributed by atoms with van der Waals surface area (Å²) in [6.07, 6.45) is 3.38. The van der Waals surface area contributed by atoms with Crippen molar-refractivity contribution in [2.45, 2.75) is 13.8 Å². The zero-order valence-corrected chi connectivity index (χ0v) is 15.1. The molecule has 0 fully saturated rings. The summed E-state index contributed by atoms with van der Waals surface area (Å²) in [4.78, 5) is 19.9. The van der Waals surface area contributed by atoms with Crippen LogP contribution in [0, 0.1) is 13.8 Å². The Labute approximate surface area is 150 Å². The number of aryl methyl sites for hydroxylation is 2. The molecule has 0 aliphatic carbocycles. The van der Waals surface area contributed by atoms with Gasteiger partial charge in [0, 0.05) is 18.1 Å². The highest BCUT2D eigenvalue weighted by molar-refractivity contribution is 9.10. The number of rotatable bonds is 2. The van der Waals surface area contributed by atoms with E-state index < -0.39 is 0 Å². The van der Waals surface area contributed by atoms with Crippen molar-refractivity contribution in [1.82, 2.24) is 9.97 Å². The molecule has 2 heterocycles. The Bertz CT molecular complexity index is 785. The van der Waals surface area contributed by atoms with Gasteiger partial charge in [0.05, 0.1) is 0 Å². The van der Waals surface area contributed by atoms with E-state index in [1.807, 2.05) is 68.4 Å². The van der Waals surface area contributed by atoms with E-state index in [1.54, 1.807) is 12.4 Å². The zero-order chi connectivity index (χ0) is 17.4. The van der Waals surface area contributed by atoms with Crippen molar-refractivity contribution >= 4 is 27.5 Å². The number of carbonyl (C=O) groups excluding carboxylic acids is 1. The second-order valence-electron chi connectivity index (χ2n) is 5.10. The van der Waals surface area contributed by atoms with E-state index in [1.165, 1.54) is 5.56 Å². The summed E-state index contributed by atoms with van der Waals surface area (Å²) in [5.41, 5.74) is 3.28. The molecule has 24 heavy (non-hydrogen) atoms. The van der Waals surface area contributed by atoms with Gasteiger partial charge < -0.3 is 5.32 Å². The van der Waals surface area contributed by atoms with Crippen LogP contribution in [-0.4, -0.2) is 15.9 Å². The molecule has 5 heteroatoms. The number of nitrogens with one attached hydrogen (secondary N) is 1. The SMILES string of the molecule is Cc1cccnc1Br.Cc1cccnc1C(=O)Nc1ccccc1. The number of para-hydroxylation sites is 1. The second kappa shape index (κ2) is 8.93. The van der Waals surface area contributed by atoms with Crippen LogP contribution >= 0.6 is 15.9 Å². The number of nitrogens with zero attached hydrogens (tertiary/aromatic N) is 2. The third-order valence-corrected chi connectivity index (χ3v) is 4.03. The lowest BCUT2D eigenvalue weighted by atomic mass is 10.2. The molecule has 1 aromatic carbocycles. The molecule has 0 radical (unpaired) electrons. The van der Waals surface area contributed by atoms with Crippen molar-refractivity contribution in [3.8, 4) is 0 Å². The number of amides is 1. The van der Waals surface area contributed by atoms with Gasteiger partial charge in [-0.2, -0.15) is 0 Å². The van der Waals surface area contributed by atoms with Crippen LogP contribution in [0.15, 0.2) is 71.6 Å². The van der Waals surface area contributed by atoms with E-state index in [0.717, 1.165) is 15.9 Å². The Morgan fingerprint density at radius 1 is 0.875 bits per heavy atom. The largest absolute Gasteiger partial charge is 0.321 e.